The molecule has 4 nitrogen and oxygen atoms in total. The molecule has 1 atom stereocenters. The zero-order chi connectivity index (χ0) is 11.8. The first-order valence-corrected chi connectivity index (χ1v) is 5.38. The fourth-order valence-electron chi connectivity index (χ4n) is 1.49. The number of likely N-dealkylation sites (N-methyl/N-ethyl adjacent to an activating group) is 1. The van der Waals surface area contributed by atoms with Gasteiger partial charge >= 0.3 is 5.97 Å². The monoisotopic (exact) mass is 288 g/mol. The van der Waals surface area contributed by atoms with Crippen molar-refractivity contribution < 1.29 is 9.53 Å². The predicted molar refractivity (Wildman–Crippen MR) is 76.4 cm³/mol. The van der Waals surface area contributed by atoms with Crippen molar-refractivity contribution in [3.05, 3.63) is 0 Å². The number of ether oxygens (including phenoxy) is 1. The van der Waals surface area contributed by atoms with E-state index in [9.17, 15) is 4.79 Å². The molecule has 106 valence electrons. The van der Waals surface area contributed by atoms with Gasteiger partial charge in [0.15, 0.2) is 0 Å². The minimum atomic E-state index is -0.134. The van der Waals surface area contributed by atoms with E-state index in [-0.39, 0.29) is 36.8 Å². The summed E-state index contributed by atoms with van der Waals surface area (Å²) in [5, 5.41) is 0. The second-order valence-corrected chi connectivity index (χ2v) is 4.30. The molecule has 0 spiro atoms. The molecule has 0 saturated heterocycles. The molecule has 0 aliphatic carbocycles. The lowest BCUT2D eigenvalue weighted by atomic mass is 10.1. The first-order valence-electron chi connectivity index (χ1n) is 5.38. The van der Waals surface area contributed by atoms with Gasteiger partial charge in [0.1, 0.15) is 6.04 Å². The van der Waals surface area contributed by atoms with Crippen molar-refractivity contribution in [1.29, 1.82) is 0 Å². The van der Waals surface area contributed by atoms with E-state index in [0.29, 0.717) is 0 Å². The van der Waals surface area contributed by atoms with Crippen LogP contribution in [-0.2, 0) is 9.53 Å². The van der Waals surface area contributed by atoms with Crippen LogP contribution in [0.3, 0.4) is 0 Å². The summed E-state index contributed by atoms with van der Waals surface area (Å²) < 4.78 is 4.76. The Morgan fingerprint density at radius 2 is 1.65 bits per heavy atom. The number of esters is 1. The Balaban J connectivity index is -0.000000980. The lowest BCUT2D eigenvalue weighted by molar-refractivity contribution is -0.146. The number of hydrogen-bond donors (Lipinski definition) is 0. The van der Waals surface area contributed by atoms with Gasteiger partial charge in [-0.2, -0.15) is 0 Å². The highest BCUT2D eigenvalue weighted by Gasteiger charge is 2.20. The van der Waals surface area contributed by atoms with Crippen molar-refractivity contribution in [2.24, 2.45) is 0 Å². The summed E-state index contributed by atoms with van der Waals surface area (Å²) in [5.74, 6) is -0.134. The molecule has 0 fully saturated rings. The number of carbonyl (C=O) groups is 1. The maximum Gasteiger partial charge on any atom is 0.323 e. The molecule has 0 aromatic carbocycles. The molecule has 0 heterocycles. The van der Waals surface area contributed by atoms with Crippen molar-refractivity contribution in [3.8, 4) is 0 Å². The number of rotatable bonds is 7. The van der Waals surface area contributed by atoms with E-state index in [4.69, 9.17) is 4.74 Å². The van der Waals surface area contributed by atoms with Gasteiger partial charge in [-0.3, -0.25) is 9.69 Å². The van der Waals surface area contributed by atoms with Crippen LogP contribution in [0.15, 0.2) is 0 Å². The van der Waals surface area contributed by atoms with Crippen LogP contribution in [0.25, 0.3) is 0 Å². The Kier molecular flexibility index (Phi) is 16.2. The fraction of sp³-hybridized carbons (Fsp3) is 0.909. The zero-order valence-electron chi connectivity index (χ0n) is 11.4. The molecule has 0 amide bonds. The molecule has 0 aliphatic heterocycles. The van der Waals surface area contributed by atoms with Crippen LogP contribution in [0, 0.1) is 0 Å². The second-order valence-electron chi connectivity index (χ2n) is 4.30. The van der Waals surface area contributed by atoms with Gasteiger partial charge in [-0.05, 0) is 47.6 Å². The molecule has 0 saturated carbocycles. The van der Waals surface area contributed by atoms with E-state index in [1.165, 1.54) is 7.11 Å². The first kappa shape index (κ1) is 22.2. The van der Waals surface area contributed by atoms with Gasteiger partial charge in [0.2, 0.25) is 0 Å². The Morgan fingerprint density at radius 3 is 2.00 bits per heavy atom. The fourth-order valence-corrected chi connectivity index (χ4v) is 1.49. The highest BCUT2D eigenvalue weighted by Crippen LogP contribution is 2.07. The number of halogens is 2. The lowest BCUT2D eigenvalue weighted by Gasteiger charge is -2.21. The summed E-state index contributed by atoms with van der Waals surface area (Å²) in [6.45, 7) is 1.07. The Bertz CT molecular complexity index is 190. The Morgan fingerprint density at radius 1 is 1.12 bits per heavy atom. The molecule has 0 N–H and O–H groups in total. The van der Waals surface area contributed by atoms with Crippen molar-refractivity contribution in [1.82, 2.24) is 9.80 Å². The summed E-state index contributed by atoms with van der Waals surface area (Å²) in [6, 6.07) is -0.0998. The molecule has 1 unspecified atom stereocenters. The maximum absolute atomic E-state index is 11.4. The van der Waals surface area contributed by atoms with Crippen molar-refractivity contribution in [2.45, 2.75) is 25.3 Å². The van der Waals surface area contributed by atoms with Crippen molar-refractivity contribution in [3.63, 3.8) is 0 Å². The minimum Gasteiger partial charge on any atom is -0.468 e. The molecule has 0 aromatic rings. The van der Waals surface area contributed by atoms with Crippen LogP contribution in [0.4, 0.5) is 0 Å². The second kappa shape index (κ2) is 12.4. The SMILES string of the molecule is COC(=O)C(CCCCN(C)C)N(C)C.Cl.Cl. The number of nitrogens with zero attached hydrogens (tertiary/aromatic N) is 2. The lowest BCUT2D eigenvalue weighted by Crippen LogP contribution is -2.36. The molecule has 17 heavy (non-hydrogen) atoms. The van der Waals surface area contributed by atoms with Crippen LogP contribution in [-0.4, -0.2) is 63.7 Å². The number of carbonyl (C=O) groups excluding carboxylic acids is 1. The van der Waals surface area contributed by atoms with Crippen molar-refractivity contribution >= 4 is 30.8 Å². The van der Waals surface area contributed by atoms with Gasteiger partial charge in [0.05, 0.1) is 7.11 Å². The average Bonchev–Trinajstić information content (AvgIpc) is 2.15. The molecule has 0 aromatic heterocycles. The van der Waals surface area contributed by atoms with Crippen LogP contribution in [0.5, 0.6) is 0 Å². The largest absolute Gasteiger partial charge is 0.468 e. The van der Waals surface area contributed by atoms with Crippen LogP contribution in [0.2, 0.25) is 0 Å². The van der Waals surface area contributed by atoms with E-state index in [1.54, 1.807) is 0 Å². The van der Waals surface area contributed by atoms with Gasteiger partial charge in [-0.15, -0.1) is 24.8 Å². The Labute approximate surface area is 117 Å². The van der Waals surface area contributed by atoms with E-state index < -0.39 is 0 Å². The van der Waals surface area contributed by atoms with E-state index in [0.717, 1.165) is 25.8 Å². The summed E-state index contributed by atoms with van der Waals surface area (Å²) in [4.78, 5) is 15.5. The summed E-state index contributed by atoms with van der Waals surface area (Å²) in [6.07, 6.45) is 3.04. The first-order chi connectivity index (χ1) is 6.99. The van der Waals surface area contributed by atoms with Crippen molar-refractivity contribution in [2.75, 3.05) is 41.8 Å². The summed E-state index contributed by atoms with van der Waals surface area (Å²) >= 11 is 0. The highest BCUT2D eigenvalue weighted by atomic mass is 35.5. The van der Waals surface area contributed by atoms with E-state index in [1.807, 2.05) is 19.0 Å². The highest BCUT2D eigenvalue weighted by molar-refractivity contribution is 5.85. The van der Waals surface area contributed by atoms with E-state index >= 15 is 0 Å². The Hall–Kier alpha value is -0.0300. The molecule has 0 bridgehead atoms. The molecular weight excluding hydrogens is 263 g/mol. The number of methoxy groups -OCH3 is 1. The third-order valence-electron chi connectivity index (χ3n) is 2.43. The quantitative estimate of drug-likeness (QED) is 0.527. The van der Waals surface area contributed by atoms with Gasteiger partial charge in [-0.25, -0.2) is 0 Å². The van der Waals surface area contributed by atoms with Gasteiger partial charge in [0, 0.05) is 0 Å². The number of unbranched alkanes of at least 4 members (excludes halogenated alkanes) is 1. The molecule has 0 rings (SSSR count). The van der Waals surface area contributed by atoms with Gasteiger partial charge < -0.3 is 9.64 Å². The predicted octanol–water partition coefficient (Wildman–Crippen LogP) is 1.67. The third-order valence-corrected chi connectivity index (χ3v) is 2.43. The van der Waals surface area contributed by atoms with E-state index in [2.05, 4.69) is 19.0 Å². The van der Waals surface area contributed by atoms with Gasteiger partial charge in [0.25, 0.3) is 0 Å². The summed E-state index contributed by atoms with van der Waals surface area (Å²) in [5.41, 5.74) is 0. The van der Waals surface area contributed by atoms with Crippen LogP contribution in [0.1, 0.15) is 19.3 Å². The average molecular weight is 289 g/mol. The smallest absolute Gasteiger partial charge is 0.323 e. The molecule has 0 radical (unpaired) electrons. The maximum atomic E-state index is 11.4. The molecule has 6 heteroatoms. The standard InChI is InChI=1S/C11H24N2O2.2ClH/c1-12(2)9-7-6-8-10(13(3)4)11(14)15-5;;/h10H,6-9H2,1-5H3;2*1H. The zero-order valence-corrected chi connectivity index (χ0v) is 13.1. The normalized spacial score (nSPS) is 11.7. The topological polar surface area (TPSA) is 32.8 Å². The molecule has 0 aliphatic rings. The summed E-state index contributed by atoms with van der Waals surface area (Å²) in [7, 11) is 9.38. The minimum absolute atomic E-state index is 0. The van der Waals surface area contributed by atoms with Crippen LogP contribution >= 0.6 is 24.8 Å². The van der Waals surface area contributed by atoms with Gasteiger partial charge in [-0.1, -0.05) is 6.42 Å². The van der Waals surface area contributed by atoms with Crippen LogP contribution < -0.4 is 0 Å². The molecular formula is C11H26Cl2N2O2. The number of hydrogen-bond acceptors (Lipinski definition) is 4. The third kappa shape index (κ3) is 10.8.